The normalized spacial score (nSPS) is 11.0. The lowest BCUT2D eigenvalue weighted by Crippen LogP contribution is -2.30. The third-order valence-corrected chi connectivity index (χ3v) is 3.44. The minimum atomic E-state index is 0.533. The summed E-state index contributed by atoms with van der Waals surface area (Å²) in [4.78, 5) is 8.42. The minimum Gasteiger partial charge on any atom is -0.493 e. The van der Waals surface area contributed by atoms with E-state index < -0.39 is 0 Å². The number of nitrogens with one attached hydrogen (secondary N) is 2. The van der Waals surface area contributed by atoms with Crippen LogP contribution in [0.25, 0.3) is 0 Å². The Morgan fingerprint density at radius 1 is 1.16 bits per heavy atom. The van der Waals surface area contributed by atoms with Crippen LogP contribution in [0.2, 0.25) is 0 Å². The average molecular weight is 344 g/mol. The van der Waals surface area contributed by atoms with Gasteiger partial charge in [0.15, 0.2) is 17.5 Å². The fourth-order valence-electron chi connectivity index (χ4n) is 2.26. The first-order chi connectivity index (χ1) is 12.2. The Hall–Kier alpha value is -2.96. The van der Waals surface area contributed by atoms with Crippen LogP contribution in [0.1, 0.15) is 12.5 Å². The number of rotatable bonds is 7. The van der Waals surface area contributed by atoms with Crippen LogP contribution in [0.4, 0.5) is 5.69 Å². The molecule has 25 heavy (non-hydrogen) atoms. The van der Waals surface area contributed by atoms with E-state index >= 15 is 0 Å². The van der Waals surface area contributed by atoms with E-state index in [4.69, 9.17) is 14.2 Å². The summed E-state index contributed by atoms with van der Waals surface area (Å²) in [5, 5.41) is 6.46. The predicted octanol–water partition coefficient (Wildman–Crippen LogP) is 2.69. The van der Waals surface area contributed by atoms with E-state index in [9.17, 15) is 0 Å². The highest BCUT2D eigenvalue weighted by Gasteiger charge is 2.08. The van der Waals surface area contributed by atoms with Crippen LogP contribution < -0.4 is 24.8 Å². The van der Waals surface area contributed by atoms with Gasteiger partial charge in [-0.2, -0.15) is 0 Å². The van der Waals surface area contributed by atoms with Gasteiger partial charge in [-0.05, 0) is 25.1 Å². The number of aliphatic imine (C=N–C) groups is 1. The minimum absolute atomic E-state index is 0.533. The van der Waals surface area contributed by atoms with Crippen molar-refractivity contribution in [2.24, 2.45) is 4.99 Å². The second-order valence-electron chi connectivity index (χ2n) is 5.02. The number of benzene rings is 1. The van der Waals surface area contributed by atoms with E-state index in [1.54, 1.807) is 27.5 Å². The molecule has 0 aliphatic rings. The smallest absolute Gasteiger partial charge is 0.218 e. The van der Waals surface area contributed by atoms with Crippen molar-refractivity contribution >= 4 is 11.6 Å². The highest BCUT2D eigenvalue weighted by atomic mass is 16.5. The molecule has 2 aromatic rings. The lowest BCUT2D eigenvalue weighted by Gasteiger charge is -2.15. The summed E-state index contributed by atoms with van der Waals surface area (Å²) in [6.07, 6.45) is 1.70. The van der Waals surface area contributed by atoms with Gasteiger partial charge >= 0.3 is 0 Å². The number of guanidine groups is 1. The Labute approximate surface area is 148 Å². The van der Waals surface area contributed by atoms with E-state index in [1.165, 1.54) is 0 Å². The first kappa shape index (κ1) is 18.4. The van der Waals surface area contributed by atoms with Crippen molar-refractivity contribution in [3.63, 3.8) is 0 Å². The van der Waals surface area contributed by atoms with Crippen LogP contribution in [0.5, 0.6) is 17.4 Å². The number of methoxy groups -OCH3 is 2. The summed E-state index contributed by atoms with van der Waals surface area (Å²) >= 11 is 0. The average Bonchev–Trinajstić information content (AvgIpc) is 2.65. The van der Waals surface area contributed by atoms with Gasteiger partial charge in [-0.15, -0.1) is 0 Å². The molecule has 0 fully saturated rings. The van der Waals surface area contributed by atoms with Gasteiger partial charge in [0.05, 0.1) is 20.8 Å². The lowest BCUT2D eigenvalue weighted by molar-refractivity contribution is 0.311. The maximum absolute atomic E-state index is 5.59. The van der Waals surface area contributed by atoms with Crippen molar-refractivity contribution in [1.82, 2.24) is 10.3 Å². The van der Waals surface area contributed by atoms with Gasteiger partial charge in [-0.1, -0.05) is 6.07 Å². The summed E-state index contributed by atoms with van der Waals surface area (Å²) < 4.78 is 16.1. The Bertz CT molecular complexity index is 719. The molecule has 0 bridgehead atoms. The zero-order valence-electron chi connectivity index (χ0n) is 15.0. The number of aromatic nitrogens is 1. The molecule has 0 saturated carbocycles. The van der Waals surface area contributed by atoms with Crippen LogP contribution in [0, 0.1) is 0 Å². The highest BCUT2D eigenvalue weighted by Crippen LogP contribution is 2.30. The standard InChI is InChI=1S/C18H24N4O3/c1-5-25-16-11-14(8-9-15(16)23-3)22-18(19-2)21-12-13-7-6-10-20-17(13)24-4/h6-11H,5,12H2,1-4H3,(H2,19,21,22). The molecule has 7 heteroatoms. The summed E-state index contributed by atoms with van der Waals surface area (Å²) in [5.41, 5.74) is 1.79. The third kappa shape index (κ3) is 5.00. The monoisotopic (exact) mass is 344 g/mol. The molecule has 0 spiro atoms. The fraction of sp³-hybridized carbons (Fsp3) is 0.333. The summed E-state index contributed by atoms with van der Waals surface area (Å²) in [6, 6.07) is 9.45. The van der Waals surface area contributed by atoms with Gasteiger partial charge in [0, 0.05) is 37.1 Å². The fourth-order valence-corrected chi connectivity index (χ4v) is 2.26. The SMILES string of the molecule is CCOc1cc(NC(=NC)NCc2cccnc2OC)ccc1OC. The molecule has 134 valence electrons. The molecule has 0 aliphatic carbocycles. The van der Waals surface area contributed by atoms with Gasteiger partial charge < -0.3 is 24.8 Å². The number of hydrogen-bond acceptors (Lipinski definition) is 5. The molecule has 1 aromatic carbocycles. The van der Waals surface area contributed by atoms with E-state index in [-0.39, 0.29) is 0 Å². The van der Waals surface area contributed by atoms with E-state index in [1.807, 2.05) is 37.3 Å². The molecule has 0 radical (unpaired) electrons. The second kappa shape index (κ2) is 9.36. The molecule has 1 heterocycles. The second-order valence-corrected chi connectivity index (χ2v) is 5.02. The predicted molar refractivity (Wildman–Crippen MR) is 98.8 cm³/mol. The molecule has 0 aliphatic heterocycles. The van der Waals surface area contributed by atoms with Crippen molar-refractivity contribution < 1.29 is 14.2 Å². The molecular formula is C18H24N4O3. The Morgan fingerprint density at radius 2 is 2.00 bits per heavy atom. The van der Waals surface area contributed by atoms with Gasteiger partial charge in [0.1, 0.15) is 0 Å². The maximum atomic E-state index is 5.59. The quantitative estimate of drug-likeness (QED) is 0.594. The van der Waals surface area contributed by atoms with Crippen molar-refractivity contribution in [1.29, 1.82) is 0 Å². The van der Waals surface area contributed by atoms with Crippen LogP contribution >= 0.6 is 0 Å². The lowest BCUT2D eigenvalue weighted by atomic mass is 10.2. The van der Waals surface area contributed by atoms with E-state index in [0.717, 1.165) is 11.3 Å². The van der Waals surface area contributed by atoms with Crippen LogP contribution in [0.15, 0.2) is 41.5 Å². The largest absolute Gasteiger partial charge is 0.493 e. The van der Waals surface area contributed by atoms with Crippen LogP contribution in [-0.2, 0) is 6.54 Å². The molecule has 2 N–H and O–H groups in total. The molecule has 2 rings (SSSR count). The number of nitrogens with zero attached hydrogens (tertiary/aromatic N) is 2. The molecule has 0 unspecified atom stereocenters. The molecule has 0 atom stereocenters. The molecule has 1 aromatic heterocycles. The summed E-state index contributed by atoms with van der Waals surface area (Å²) in [7, 11) is 4.93. The number of ether oxygens (including phenoxy) is 3. The van der Waals surface area contributed by atoms with Crippen molar-refractivity contribution in [3.8, 4) is 17.4 Å². The van der Waals surface area contributed by atoms with Gasteiger partial charge in [0.2, 0.25) is 5.88 Å². The Balaban J connectivity index is 2.06. The number of pyridine rings is 1. The van der Waals surface area contributed by atoms with E-state index in [2.05, 4.69) is 20.6 Å². The molecule has 0 saturated heterocycles. The summed E-state index contributed by atoms with van der Waals surface area (Å²) in [6.45, 7) is 3.03. The van der Waals surface area contributed by atoms with Gasteiger partial charge in [-0.25, -0.2) is 4.98 Å². The maximum Gasteiger partial charge on any atom is 0.218 e. The topological polar surface area (TPSA) is 77.0 Å². The number of hydrogen-bond donors (Lipinski definition) is 2. The number of anilines is 1. The Morgan fingerprint density at radius 3 is 2.68 bits per heavy atom. The molecular weight excluding hydrogens is 320 g/mol. The van der Waals surface area contributed by atoms with Gasteiger partial charge in [-0.3, -0.25) is 4.99 Å². The first-order valence-electron chi connectivity index (χ1n) is 7.98. The molecule has 7 nitrogen and oxygen atoms in total. The third-order valence-electron chi connectivity index (χ3n) is 3.44. The summed E-state index contributed by atoms with van der Waals surface area (Å²) in [5.74, 6) is 2.59. The Kier molecular flexibility index (Phi) is 6.88. The van der Waals surface area contributed by atoms with E-state index in [0.29, 0.717) is 36.5 Å². The first-order valence-corrected chi connectivity index (χ1v) is 7.98. The zero-order chi connectivity index (χ0) is 18.1. The van der Waals surface area contributed by atoms with Crippen molar-refractivity contribution in [2.45, 2.75) is 13.5 Å². The van der Waals surface area contributed by atoms with Crippen molar-refractivity contribution in [2.75, 3.05) is 33.2 Å². The van der Waals surface area contributed by atoms with Crippen molar-refractivity contribution in [3.05, 3.63) is 42.1 Å². The highest BCUT2D eigenvalue weighted by molar-refractivity contribution is 5.93. The van der Waals surface area contributed by atoms with Crippen LogP contribution in [0.3, 0.4) is 0 Å². The molecule has 0 amide bonds. The van der Waals surface area contributed by atoms with Gasteiger partial charge in [0.25, 0.3) is 0 Å². The zero-order valence-corrected chi connectivity index (χ0v) is 15.0. The van der Waals surface area contributed by atoms with Crippen LogP contribution in [-0.4, -0.2) is 38.8 Å².